The zero-order valence-corrected chi connectivity index (χ0v) is 15.5. The lowest BCUT2D eigenvalue weighted by Gasteiger charge is -2.10. The van der Waals surface area contributed by atoms with Gasteiger partial charge in [-0.25, -0.2) is 10.2 Å². The van der Waals surface area contributed by atoms with Gasteiger partial charge in [0, 0.05) is 25.7 Å². The van der Waals surface area contributed by atoms with E-state index in [1.807, 2.05) is 13.8 Å². The highest BCUT2D eigenvalue weighted by molar-refractivity contribution is 5.81. The zero-order valence-electron chi connectivity index (χ0n) is 15.5. The number of imidazole rings is 1. The van der Waals surface area contributed by atoms with Gasteiger partial charge in [-0.05, 0) is 23.6 Å². The Morgan fingerprint density at radius 2 is 2.00 bits per heavy atom. The molecule has 0 atom stereocenters. The standard InChI is InChI=1S/C17H19N7O4/c1-10(2)9-23-13-14(22(3)17(26)20-15(13)25)19-16(23)21-18-8-11-4-6-12(7-5-11)24(27)28/h4-8,10H,9H2,1-3H3,(H,19,21)(H,20,25,26)/b18-8-. The molecule has 11 heteroatoms. The molecular weight excluding hydrogens is 366 g/mol. The first-order valence-corrected chi connectivity index (χ1v) is 8.51. The highest BCUT2D eigenvalue weighted by atomic mass is 16.6. The van der Waals surface area contributed by atoms with Gasteiger partial charge in [-0.2, -0.15) is 10.1 Å². The minimum atomic E-state index is -0.548. The number of aryl methyl sites for hydroxylation is 1. The Balaban J connectivity index is 1.96. The number of anilines is 1. The summed E-state index contributed by atoms with van der Waals surface area (Å²) in [6, 6.07) is 5.89. The second kappa shape index (κ2) is 7.47. The maximum Gasteiger partial charge on any atom is 0.329 e. The van der Waals surface area contributed by atoms with Crippen LogP contribution in [0.25, 0.3) is 11.2 Å². The number of aromatic amines is 1. The molecule has 0 aliphatic heterocycles. The van der Waals surface area contributed by atoms with Crippen molar-refractivity contribution in [2.75, 3.05) is 5.43 Å². The third-order valence-corrected chi connectivity index (χ3v) is 4.04. The van der Waals surface area contributed by atoms with Gasteiger partial charge in [0.15, 0.2) is 11.2 Å². The van der Waals surface area contributed by atoms with Gasteiger partial charge in [0.2, 0.25) is 5.95 Å². The fraction of sp³-hybridized carbons (Fsp3) is 0.294. The Labute approximate surface area is 158 Å². The number of aromatic nitrogens is 4. The molecule has 2 heterocycles. The zero-order chi connectivity index (χ0) is 20.4. The Hall–Kier alpha value is -3.76. The Morgan fingerprint density at radius 1 is 1.32 bits per heavy atom. The number of H-pyrrole nitrogens is 1. The van der Waals surface area contributed by atoms with E-state index < -0.39 is 16.2 Å². The molecule has 0 saturated heterocycles. The van der Waals surface area contributed by atoms with Crippen molar-refractivity contribution in [3.63, 3.8) is 0 Å². The van der Waals surface area contributed by atoms with Gasteiger partial charge in [0.05, 0.1) is 11.1 Å². The average molecular weight is 385 g/mol. The van der Waals surface area contributed by atoms with Crippen LogP contribution in [-0.2, 0) is 13.6 Å². The molecule has 0 spiro atoms. The summed E-state index contributed by atoms with van der Waals surface area (Å²) < 4.78 is 2.93. The molecule has 0 unspecified atom stereocenters. The summed E-state index contributed by atoms with van der Waals surface area (Å²) in [5, 5.41) is 14.8. The molecule has 0 aliphatic carbocycles. The number of non-ortho nitro benzene ring substituents is 1. The number of nitrogens with one attached hydrogen (secondary N) is 2. The van der Waals surface area contributed by atoms with Crippen LogP contribution < -0.4 is 16.7 Å². The lowest BCUT2D eigenvalue weighted by molar-refractivity contribution is -0.384. The molecule has 0 aliphatic rings. The number of nitrogens with zero attached hydrogens (tertiary/aromatic N) is 5. The first kappa shape index (κ1) is 19.0. The van der Waals surface area contributed by atoms with E-state index in [2.05, 4.69) is 20.5 Å². The minimum Gasteiger partial charge on any atom is -0.303 e. The van der Waals surface area contributed by atoms with E-state index in [-0.39, 0.29) is 22.8 Å². The van der Waals surface area contributed by atoms with Gasteiger partial charge in [-0.3, -0.25) is 24.5 Å². The quantitative estimate of drug-likeness (QED) is 0.374. The largest absolute Gasteiger partial charge is 0.329 e. The SMILES string of the molecule is CC(C)Cn1c(N/N=C\c2ccc([N+](=O)[O-])cc2)nc2c1c(=O)[nH]c(=O)n2C. The molecule has 0 saturated carbocycles. The topological polar surface area (TPSA) is 140 Å². The molecule has 1 aromatic carbocycles. The molecule has 28 heavy (non-hydrogen) atoms. The second-order valence-corrected chi connectivity index (χ2v) is 6.65. The van der Waals surface area contributed by atoms with Crippen LogP contribution in [0.4, 0.5) is 11.6 Å². The molecule has 11 nitrogen and oxygen atoms in total. The Morgan fingerprint density at radius 3 is 2.61 bits per heavy atom. The van der Waals surface area contributed by atoms with Gasteiger partial charge in [0.25, 0.3) is 11.2 Å². The third-order valence-electron chi connectivity index (χ3n) is 4.04. The molecule has 3 rings (SSSR count). The van der Waals surface area contributed by atoms with Crippen LogP contribution in [0.5, 0.6) is 0 Å². The van der Waals surface area contributed by atoms with Crippen LogP contribution in [0, 0.1) is 16.0 Å². The molecule has 3 aromatic rings. The van der Waals surface area contributed by atoms with Crippen molar-refractivity contribution < 1.29 is 4.92 Å². The van der Waals surface area contributed by atoms with Crippen molar-refractivity contribution in [1.82, 2.24) is 19.1 Å². The van der Waals surface area contributed by atoms with Crippen LogP contribution in [0.3, 0.4) is 0 Å². The molecule has 0 amide bonds. The van der Waals surface area contributed by atoms with E-state index >= 15 is 0 Å². The molecule has 0 radical (unpaired) electrons. The molecular formula is C17H19N7O4. The Bertz CT molecular complexity index is 1170. The summed E-state index contributed by atoms with van der Waals surface area (Å²) in [7, 11) is 1.53. The summed E-state index contributed by atoms with van der Waals surface area (Å²) in [6.45, 7) is 4.48. The fourth-order valence-electron chi connectivity index (χ4n) is 2.71. The molecule has 2 N–H and O–H groups in total. The van der Waals surface area contributed by atoms with Crippen LogP contribution in [-0.4, -0.2) is 30.2 Å². The summed E-state index contributed by atoms with van der Waals surface area (Å²) in [4.78, 5) is 41.0. The van der Waals surface area contributed by atoms with Crippen molar-refractivity contribution in [1.29, 1.82) is 0 Å². The van der Waals surface area contributed by atoms with Gasteiger partial charge in [-0.15, -0.1) is 0 Å². The second-order valence-electron chi connectivity index (χ2n) is 6.65. The van der Waals surface area contributed by atoms with Crippen molar-refractivity contribution in [3.8, 4) is 0 Å². The van der Waals surface area contributed by atoms with E-state index in [0.29, 0.717) is 18.1 Å². The highest BCUT2D eigenvalue weighted by Gasteiger charge is 2.17. The fourth-order valence-corrected chi connectivity index (χ4v) is 2.71. The highest BCUT2D eigenvalue weighted by Crippen LogP contribution is 2.17. The van der Waals surface area contributed by atoms with Gasteiger partial charge < -0.3 is 4.57 Å². The molecule has 0 bridgehead atoms. The van der Waals surface area contributed by atoms with Crippen LogP contribution in [0.1, 0.15) is 19.4 Å². The van der Waals surface area contributed by atoms with E-state index in [4.69, 9.17) is 0 Å². The summed E-state index contributed by atoms with van der Waals surface area (Å²) in [6.07, 6.45) is 1.48. The Kier molecular flexibility index (Phi) is 5.07. The molecule has 0 fully saturated rings. The van der Waals surface area contributed by atoms with E-state index in [1.165, 1.54) is 30.0 Å². The van der Waals surface area contributed by atoms with Crippen molar-refractivity contribution in [2.24, 2.45) is 18.1 Å². The third kappa shape index (κ3) is 3.68. The molecule has 2 aromatic heterocycles. The van der Waals surface area contributed by atoms with Crippen molar-refractivity contribution >= 4 is 29.0 Å². The lowest BCUT2D eigenvalue weighted by Crippen LogP contribution is -2.29. The number of hydrazone groups is 1. The number of hydrogen-bond acceptors (Lipinski definition) is 7. The van der Waals surface area contributed by atoms with Gasteiger partial charge >= 0.3 is 5.69 Å². The van der Waals surface area contributed by atoms with Gasteiger partial charge in [-0.1, -0.05) is 13.8 Å². The van der Waals surface area contributed by atoms with Crippen LogP contribution in [0.2, 0.25) is 0 Å². The average Bonchev–Trinajstić information content (AvgIpc) is 2.98. The first-order valence-electron chi connectivity index (χ1n) is 8.51. The smallest absolute Gasteiger partial charge is 0.303 e. The number of hydrogen-bond donors (Lipinski definition) is 2. The number of benzene rings is 1. The van der Waals surface area contributed by atoms with Crippen molar-refractivity contribution in [3.05, 3.63) is 60.8 Å². The van der Waals surface area contributed by atoms with Crippen LogP contribution >= 0.6 is 0 Å². The minimum absolute atomic E-state index is 0.0102. The predicted octanol–water partition coefficient (Wildman–Crippen LogP) is 1.43. The lowest BCUT2D eigenvalue weighted by atomic mass is 10.2. The van der Waals surface area contributed by atoms with E-state index in [1.54, 1.807) is 16.7 Å². The summed E-state index contributed by atoms with van der Waals surface area (Å²) in [5.41, 5.74) is 2.89. The van der Waals surface area contributed by atoms with E-state index in [0.717, 1.165) is 0 Å². The van der Waals surface area contributed by atoms with Gasteiger partial charge in [0.1, 0.15) is 0 Å². The van der Waals surface area contributed by atoms with Crippen molar-refractivity contribution in [2.45, 2.75) is 20.4 Å². The van der Waals surface area contributed by atoms with Crippen LogP contribution in [0.15, 0.2) is 39.0 Å². The summed E-state index contributed by atoms with van der Waals surface area (Å²) in [5.74, 6) is 0.529. The number of rotatable bonds is 6. The predicted molar refractivity (Wildman–Crippen MR) is 105 cm³/mol. The maximum absolute atomic E-state index is 12.3. The normalized spacial score (nSPS) is 11.6. The molecule has 146 valence electrons. The van der Waals surface area contributed by atoms with E-state index in [9.17, 15) is 19.7 Å². The monoisotopic (exact) mass is 385 g/mol. The maximum atomic E-state index is 12.3. The summed E-state index contributed by atoms with van der Waals surface area (Å²) >= 11 is 0. The number of nitro groups is 1. The number of fused-ring (bicyclic) bond motifs is 1. The first-order chi connectivity index (χ1) is 13.3. The number of nitro benzene ring substituents is 1.